The van der Waals surface area contributed by atoms with Gasteiger partial charge in [-0.05, 0) is 62.2 Å². The third kappa shape index (κ3) is 3.02. The maximum Gasteiger partial charge on any atom is 0.119 e. The lowest BCUT2D eigenvalue weighted by molar-refractivity contribution is 0.340. The monoisotopic (exact) mass is 269 g/mol. The minimum Gasteiger partial charge on any atom is -0.494 e. The van der Waals surface area contributed by atoms with Crippen molar-refractivity contribution >= 4 is 0 Å². The molecule has 106 valence electrons. The summed E-state index contributed by atoms with van der Waals surface area (Å²) in [6, 6.07) is 15.0. The first kappa shape index (κ1) is 14.6. The van der Waals surface area contributed by atoms with E-state index in [9.17, 15) is 0 Å². The van der Waals surface area contributed by atoms with Crippen LogP contribution in [0.4, 0.5) is 0 Å². The van der Waals surface area contributed by atoms with Crippen molar-refractivity contribution in [3.63, 3.8) is 0 Å². The molecule has 2 nitrogen and oxygen atoms in total. The molecule has 20 heavy (non-hydrogen) atoms. The molecular weight excluding hydrogens is 246 g/mol. The molecule has 2 aromatic carbocycles. The van der Waals surface area contributed by atoms with Crippen LogP contribution in [0.1, 0.15) is 35.2 Å². The van der Waals surface area contributed by atoms with E-state index in [1.807, 2.05) is 26.1 Å². The fourth-order valence-corrected chi connectivity index (χ4v) is 2.68. The highest BCUT2D eigenvalue weighted by Crippen LogP contribution is 2.28. The molecule has 0 saturated carbocycles. The largest absolute Gasteiger partial charge is 0.494 e. The van der Waals surface area contributed by atoms with Crippen LogP contribution in [0.3, 0.4) is 0 Å². The molecule has 2 heteroatoms. The van der Waals surface area contributed by atoms with Gasteiger partial charge in [0.1, 0.15) is 5.75 Å². The molecule has 1 atom stereocenters. The smallest absolute Gasteiger partial charge is 0.119 e. The Labute approximate surface area is 121 Å². The van der Waals surface area contributed by atoms with Crippen molar-refractivity contribution in [3.05, 3.63) is 64.7 Å². The van der Waals surface area contributed by atoms with Gasteiger partial charge in [0.25, 0.3) is 0 Å². The van der Waals surface area contributed by atoms with Crippen LogP contribution in [-0.2, 0) is 0 Å². The van der Waals surface area contributed by atoms with Gasteiger partial charge in [-0.15, -0.1) is 0 Å². The third-order valence-electron chi connectivity index (χ3n) is 3.64. The van der Waals surface area contributed by atoms with Crippen molar-refractivity contribution in [1.82, 2.24) is 5.32 Å². The van der Waals surface area contributed by atoms with E-state index in [2.05, 4.69) is 49.5 Å². The van der Waals surface area contributed by atoms with E-state index in [0.717, 1.165) is 5.75 Å². The average molecular weight is 269 g/mol. The van der Waals surface area contributed by atoms with E-state index >= 15 is 0 Å². The highest BCUT2D eigenvalue weighted by molar-refractivity contribution is 5.43. The Balaban J connectivity index is 2.37. The second-order valence-electron chi connectivity index (χ2n) is 5.03. The zero-order chi connectivity index (χ0) is 14.5. The molecule has 0 saturated heterocycles. The van der Waals surface area contributed by atoms with E-state index < -0.39 is 0 Å². The lowest BCUT2D eigenvalue weighted by Gasteiger charge is -2.22. The molecule has 0 radical (unpaired) electrons. The Kier molecular flexibility index (Phi) is 4.80. The van der Waals surface area contributed by atoms with Gasteiger partial charge in [0.15, 0.2) is 0 Å². The van der Waals surface area contributed by atoms with E-state index in [1.165, 1.54) is 22.3 Å². The minimum absolute atomic E-state index is 0.215. The lowest BCUT2D eigenvalue weighted by atomic mass is 9.91. The Morgan fingerprint density at radius 2 is 1.60 bits per heavy atom. The summed E-state index contributed by atoms with van der Waals surface area (Å²) in [6.45, 7) is 7.04. The normalized spacial score (nSPS) is 12.2. The SMILES string of the molecule is CCOc1ccc(C(NC)c2c(C)cccc2C)cc1. The first-order chi connectivity index (χ1) is 9.67. The molecule has 0 aliphatic rings. The number of ether oxygens (including phenoxy) is 1. The number of hydrogen-bond acceptors (Lipinski definition) is 2. The van der Waals surface area contributed by atoms with E-state index in [-0.39, 0.29) is 6.04 Å². The molecule has 2 rings (SSSR count). The quantitative estimate of drug-likeness (QED) is 0.885. The molecular formula is C18H23NO. The first-order valence-electron chi connectivity index (χ1n) is 7.13. The minimum atomic E-state index is 0.215. The zero-order valence-corrected chi connectivity index (χ0v) is 12.7. The van der Waals surface area contributed by atoms with Crippen molar-refractivity contribution in [2.24, 2.45) is 0 Å². The van der Waals surface area contributed by atoms with Crippen LogP contribution in [0.15, 0.2) is 42.5 Å². The summed E-state index contributed by atoms with van der Waals surface area (Å²) >= 11 is 0. The van der Waals surface area contributed by atoms with Gasteiger partial charge in [-0.1, -0.05) is 30.3 Å². The van der Waals surface area contributed by atoms with Gasteiger partial charge in [-0.3, -0.25) is 0 Å². The molecule has 0 fully saturated rings. The van der Waals surface area contributed by atoms with Crippen LogP contribution >= 0.6 is 0 Å². The molecule has 0 aliphatic carbocycles. The molecule has 0 amide bonds. The van der Waals surface area contributed by atoms with Gasteiger partial charge in [-0.2, -0.15) is 0 Å². The lowest BCUT2D eigenvalue weighted by Crippen LogP contribution is -2.19. The van der Waals surface area contributed by atoms with Crippen molar-refractivity contribution < 1.29 is 4.74 Å². The summed E-state index contributed by atoms with van der Waals surface area (Å²) in [5.74, 6) is 0.924. The summed E-state index contributed by atoms with van der Waals surface area (Å²) in [4.78, 5) is 0. The molecule has 0 heterocycles. The fourth-order valence-electron chi connectivity index (χ4n) is 2.68. The topological polar surface area (TPSA) is 21.3 Å². The van der Waals surface area contributed by atoms with E-state index in [1.54, 1.807) is 0 Å². The molecule has 0 aliphatic heterocycles. The Hall–Kier alpha value is -1.80. The Bertz CT molecular complexity index is 540. The predicted molar refractivity (Wildman–Crippen MR) is 84.4 cm³/mol. The average Bonchev–Trinajstić information content (AvgIpc) is 2.45. The number of nitrogens with one attached hydrogen (secondary N) is 1. The number of benzene rings is 2. The standard InChI is InChI=1S/C18H23NO/c1-5-20-16-11-9-15(10-12-16)18(19-4)17-13(2)7-6-8-14(17)3/h6-12,18-19H,5H2,1-4H3. The number of aryl methyl sites for hydroxylation is 2. The van der Waals surface area contributed by atoms with Crippen molar-refractivity contribution in [2.75, 3.05) is 13.7 Å². The predicted octanol–water partition coefficient (Wildman–Crippen LogP) is 4.01. The molecule has 1 N–H and O–H groups in total. The third-order valence-corrected chi connectivity index (χ3v) is 3.64. The number of rotatable bonds is 5. The summed E-state index contributed by atoms with van der Waals surface area (Å²) < 4.78 is 5.51. The molecule has 0 spiro atoms. The van der Waals surface area contributed by atoms with Crippen LogP contribution in [0, 0.1) is 13.8 Å². The fraction of sp³-hybridized carbons (Fsp3) is 0.333. The molecule has 0 bridgehead atoms. The van der Waals surface area contributed by atoms with Gasteiger partial charge < -0.3 is 10.1 Å². The second-order valence-corrected chi connectivity index (χ2v) is 5.03. The number of hydrogen-bond donors (Lipinski definition) is 1. The van der Waals surface area contributed by atoms with Gasteiger partial charge in [0.2, 0.25) is 0 Å². The summed E-state index contributed by atoms with van der Waals surface area (Å²) in [5, 5.41) is 3.43. The summed E-state index contributed by atoms with van der Waals surface area (Å²) in [6.07, 6.45) is 0. The van der Waals surface area contributed by atoms with Gasteiger partial charge in [0, 0.05) is 0 Å². The molecule has 1 unspecified atom stereocenters. The van der Waals surface area contributed by atoms with Crippen molar-refractivity contribution in [3.8, 4) is 5.75 Å². The summed E-state index contributed by atoms with van der Waals surface area (Å²) in [7, 11) is 2.01. The van der Waals surface area contributed by atoms with Gasteiger partial charge >= 0.3 is 0 Å². The highest BCUT2D eigenvalue weighted by Gasteiger charge is 2.16. The van der Waals surface area contributed by atoms with E-state index in [4.69, 9.17) is 4.74 Å². The van der Waals surface area contributed by atoms with Gasteiger partial charge in [0.05, 0.1) is 12.6 Å². The van der Waals surface area contributed by atoms with Crippen LogP contribution in [0.25, 0.3) is 0 Å². The van der Waals surface area contributed by atoms with Crippen LogP contribution in [0.2, 0.25) is 0 Å². The van der Waals surface area contributed by atoms with E-state index in [0.29, 0.717) is 6.61 Å². The zero-order valence-electron chi connectivity index (χ0n) is 12.7. The van der Waals surface area contributed by atoms with Crippen LogP contribution in [0.5, 0.6) is 5.75 Å². The maximum absolute atomic E-state index is 5.51. The maximum atomic E-state index is 5.51. The van der Waals surface area contributed by atoms with Crippen LogP contribution in [-0.4, -0.2) is 13.7 Å². The Morgan fingerprint density at radius 1 is 1.00 bits per heavy atom. The van der Waals surface area contributed by atoms with Crippen molar-refractivity contribution in [1.29, 1.82) is 0 Å². The Morgan fingerprint density at radius 3 is 2.10 bits per heavy atom. The van der Waals surface area contributed by atoms with Crippen LogP contribution < -0.4 is 10.1 Å². The first-order valence-corrected chi connectivity index (χ1v) is 7.13. The molecule has 0 aromatic heterocycles. The van der Waals surface area contributed by atoms with Gasteiger partial charge in [-0.25, -0.2) is 0 Å². The second kappa shape index (κ2) is 6.58. The highest BCUT2D eigenvalue weighted by atomic mass is 16.5. The summed E-state index contributed by atoms with van der Waals surface area (Å²) in [5.41, 5.74) is 5.25. The molecule has 2 aromatic rings. The van der Waals surface area contributed by atoms with Crippen molar-refractivity contribution in [2.45, 2.75) is 26.8 Å².